The first-order valence-corrected chi connectivity index (χ1v) is 11.6. The lowest BCUT2D eigenvalue weighted by atomic mass is 9.71. The Hall–Kier alpha value is -3.02. The number of hydrogen-bond donors (Lipinski definition) is 1. The molecule has 2 saturated heterocycles. The molecule has 8 heteroatoms. The zero-order valence-corrected chi connectivity index (χ0v) is 19.0. The second-order valence-electron chi connectivity index (χ2n) is 9.57. The van der Waals surface area contributed by atoms with Crippen molar-refractivity contribution < 1.29 is 14.6 Å². The largest absolute Gasteiger partial charge is 0.457 e. The Morgan fingerprint density at radius 1 is 1.15 bits per heavy atom. The second kappa shape index (κ2) is 8.73. The first-order valence-electron chi connectivity index (χ1n) is 11.6. The fraction of sp³-hybridized carbons (Fsp3) is 0.520. The molecule has 0 radical (unpaired) electrons. The molecule has 1 aromatic carbocycles. The summed E-state index contributed by atoms with van der Waals surface area (Å²) in [4.78, 5) is 25.0. The molecule has 8 nitrogen and oxygen atoms in total. The van der Waals surface area contributed by atoms with Gasteiger partial charge in [-0.25, -0.2) is 14.8 Å². The number of aromatic nitrogens is 2. The molecule has 2 fully saturated rings. The molecule has 3 aliphatic heterocycles. The second-order valence-corrected chi connectivity index (χ2v) is 9.57. The molecule has 3 aliphatic rings. The van der Waals surface area contributed by atoms with Gasteiger partial charge >= 0.3 is 5.97 Å². The number of aliphatic hydroxyl groups excluding tert-OH is 1. The molecule has 33 heavy (non-hydrogen) atoms. The van der Waals surface area contributed by atoms with E-state index in [1.165, 1.54) is 0 Å². The van der Waals surface area contributed by atoms with Crippen molar-refractivity contribution in [3.63, 3.8) is 0 Å². The Morgan fingerprint density at radius 3 is 2.48 bits per heavy atom. The van der Waals surface area contributed by atoms with E-state index >= 15 is 0 Å². The number of anilines is 1. The summed E-state index contributed by atoms with van der Waals surface area (Å²) < 4.78 is 5.14. The lowest BCUT2D eigenvalue weighted by Gasteiger charge is -2.47. The van der Waals surface area contributed by atoms with Crippen molar-refractivity contribution in [1.82, 2.24) is 14.9 Å². The minimum absolute atomic E-state index is 0.271. The summed E-state index contributed by atoms with van der Waals surface area (Å²) in [5, 5.41) is 19.9. The first kappa shape index (κ1) is 21.8. The van der Waals surface area contributed by atoms with Gasteiger partial charge in [0.05, 0.1) is 29.6 Å². The van der Waals surface area contributed by atoms with Gasteiger partial charge in [-0.3, -0.25) is 0 Å². The Balaban J connectivity index is 1.15. The number of benzene rings is 1. The fourth-order valence-corrected chi connectivity index (χ4v) is 5.50. The van der Waals surface area contributed by atoms with Gasteiger partial charge in [-0.15, -0.1) is 0 Å². The average Bonchev–Trinajstić information content (AvgIpc) is 3.23. The molecule has 2 aromatic rings. The standard InChI is InChI=1S/C25H29N5O3/c1-17-19(2-3-20-21(17)16-33-23(20)32)22(31)15-29-8-4-25(5-9-29)6-10-30(11-7-25)24-27-13-18(12-26)14-28-24/h2-3,13-14,22,31H,4-11,15-16H2,1H3. The Labute approximate surface area is 193 Å². The number of carbonyl (C=O) groups excluding carboxylic acids is 1. The van der Waals surface area contributed by atoms with Crippen LogP contribution in [0.5, 0.6) is 0 Å². The molecule has 0 saturated carbocycles. The summed E-state index contributed by atoms with van der Waals surface area (Å²) in [6.45, 7) is 6.71. The van der Waals surface area contributed by atoms with Crippen LogP contribution < -0.4 is 4.90 Å². The maximum atomic E-state index is 11.8. The third-order valence-electron chi connectivity index (χ3n) is 7.79. The minimum Gasteiger partial charge on any atom is -0.457 e. The zero-order chi connectivity index (χ0) is 23.0. The van der Waals surface area contributed by atoms with Gasteiger partial charge in [0.15, 0.2) is 0 Å². The van der Waals surface area contributed by atoms with Crippen LogP contribution >= 0.6 is 0 Å². The summed E-state index contributed by atoms with van der Waals surface area (Å²) >= 11 is 0. The van der Waals surface area contributed by atoms with Crippen LogP contribution in [0.2, 0.25) is 0 Å². The molecule has 1 atom stereocenters. The number of esters is 1. The summed E-state index contributed by atoms with van der Waals surface area (Å²) in [7, 11) is 0. The monoisotopic (exact) mass is 447 g/mol. The molecule has 0 aliphatic carbocycles. The molecule has 1 spiro atoms. The number of nitrogens with zero attached hydrogens (tertiary/aromatic N) is 5. The Kier molecular flexibility index (Phi) is 5.77. The van der Waals surface area contributed by atoms with Crippen molar-refractivity contribution in [3.8, 4) is 6.07 Å². The van der Waals surface area contributed by atoms with Gasteiger partial charge in [0.2, 0.25) is 5.95 Å². The maximum absolute atomic E-state index is 11.8. The molecule has 1 N–H and O–H groups in total. The van der Waals surface area contributed by atoms with Gasteiger partial charge in [-0.05, 0) is 68.3 Å². The van der Waals surface area contributed by atoms with Gasteiger partial charge in [0.1, 0.15) is 12.7 Å². The number of piperidine rings is 2. The number of likely N-dealkylation sites (tertiary alicyclic amines) is 1. The molecule has 4 heterocycles. The third kappa shape index (κ3) is 4.19. The minimum atomic E-state index is -0.574. The Bertz CT molecular complexity index is 1080. The van der Waals surface area contributed by atoms with Crippen molar-refractivity contribution in [2.24, 2.45) is 5.41 Å². The van der Waals surface area contributed by atoms with E-state index in [0.717, 1.165) is 68.6 Å². The van der Waals surface area contributed by atoms with Crippen LogP contribution in [0.1, 0.15) is 64.4 Å². The van der Waals surface area contributed by atoms with E-state index < -0.39 is 6.10 Å². The van der Waals surface area contributed by atoms with Gasteiger partial charge in [-0.1, -0.05) is 6.07 Å². The predicted octanol–water partition coefficient (Wildman–Crippen LogP) is 2.74. The normalized spacial score (nSPS) is 20.9. The highest BCUT2D eigenvalue weighted by molar-refractivity contribution is 5.93. The number of β-amino-alcohol motifs (C(OH)–C–C–N with tert-alkyl or cyclic N) is 1. The molecular formula is C25H29N5O3. The van der Waals surface area contributed by atoms with Crippen molar-refractivity contribution >= 4 is 11.9 Å². The summed E-state index contributed by atoms with van der Waals surface area (Å²) in [5.41, 5.74) is 4.23. The molecule has 0 amide bonds. The molecular weight excluding hydrogens is 418 g/mol. The number of hydrogen-bond acceptors (Lipinski definition) is 8. The van der Waals surface area contributed by atoms with E-state index in [0.29, 0.717) is 35.6 Å². The highest BCUT2D eigenvalue weighted by Gasteiger charge is 2.38. The predicted molar refractivity (Wildman–Crippen MR) is 122 cm³/mol. The number of carbonyl (C=O) groups is 1. The lowest BCUT2D eigenvalue weighted by Crippen LogP contribution is -2.47. The van der Waals surface area contributed by atoms with Crippen LogP contribution in [0, 0.1) is 23.7 Å². The van der Waals surface area contributed by atoms with E-state index in [1.807, 2.05) is 13.0 Å². The molecule has 1 unspecified atom stereocenters. The van der Waals surface area contributed by atoms with Gasteiger partial charge in [-0.2, -0.15) is 5.26 Å². The smallest absolute Gasteiger partial charge is 0.338 e. The number of rotatable bonds is 4. The van der Waals surface area contributed by atoms with Crippen molar-refractivity contribution in [2.75, 3.05) is 37.6 Å². The van der Waals surface area contributed by atoms with Gasteiger partial charge in [0, 0.05) is 25.2 Å². The molecule has 0 bridgehead atoms. The highest BCUT2D eigenvalue weighted by Crippen LogP contribution is 2.42. The van der Waals surface area contributed by atoms with Crippen molar-refractivity contribution in [3.05, 3.63) is 52.3 Å². The third-order valence-corrected chi connectivity index (χ3v) is 7.79. The Morgan fingerprint density at radius 2 is 1.82 bits per heavy atom. The highest BCUT2D eigenvalue weighted by atomic mass is 16.5. The number of nitriles is 1. The van der Waals surface area contributed by atoms with Crippen LogP contribution in [0.3, 0.4) is 0 Å². The van der Waals surface area contributed by atoms with Crippen molar-refractivity contribution in [2.45, 2.75) is 45.3 Å². The number of ether oxygens (including phenoxy) is 1. The van der Waals surface area contributed by atoms with E-state index in [4.69, 9.17) is 10.00 Å². The van der Waals surface area contributed by atoms with Crippen molar-refractivity contribution in [1.29, 1.82) is 5.26 Å². The van der Waals surface area contributed by atoms with E-state index in [2.05, 4.69) is 25.8 Å². The lowest BCUT2D eigenvalue weighted by molar-refractivity contribution is 0.0446. The first-order chi connectivity index (χ1) is 16.0. The summed E-state index contributed by atoms with van der Waals surface area (Å²) in [5.74, 6) is 0.438. The summed E-state index contributed by atoms with van der Waals surface area (Å²) in [6.07, 6.45) is 7.10. The topological polar surface area (TPSA) is 103 Å². The zero-order valence-electron chi connectivity index (χ0n) is 19.0. The van der Waals surface area contributed by atoms with Crippen LogP contribution in [0.25, 0.3) is 0 Å². The fourth-order valence-electron chi connectivity index (χ4n) is 5.50. The van der Waals surface area contributed by atoms with E-state index in [9.17, 15) is 9.90 Å². The number of aliphatic hydroxyl groups is 1. The molecule has 1 aromatic heterocycles. The van der Waals surface area contributed by atoms with E-state index in [-0.39, 0.29) is 5.97 Å². The number of fused-ring (bicyclic) bond motifs is 1. The molecule has 5 rings (SSSR count). The van der Waals surface area contributed by atoms with Crippen LogP contribution in [0.4, 0.5) is 5.95 Å². The van der Waals surface area contributed by atoms with Crippen LogP contribution in [0.15, 0.2) is 24.5 Å². The van der Waals surface area contributed by atoms with Gasteiger partial charge < -0.3 is 19.6 Å². The van der Waals surface area contributed by atoms with Crippen LogP contribution in [-0.2, 0) is 11.3 Å². The average molecular weight is 448 g/mol. The molecule has 172 valence electrons. The SMILES string of the molecule is Cc1c(C(O)CN2CCC3(CC2)CCN(c2ncc(C#N)cn2)CC3)ccc2c1COC2=O. The van der Waals surface area contributed by atoms with E-state index in [1.54, 1.807) is 18.5 Å². The summed E-state index contributed by atoms with van der Waals surface area (Å²) in [6, 6.07) is 5.72. The number of cyclic esters (lactones) is 1. The van der Waals surface area contributed by atoms with Crippen LogP contribution in [-0.4, -0.2) is 58.7 Å². The quantitative estimate of drug-likeness (QED) is 0.714. The van der Waals surface area contributed by atoms with Gasteiger partial charge in [0.25, 0.3) is 0 Å². The maximum Gasteiger partial charge on any atom is 0.338 e.